The van der Waals surface area contributed by atoms with Crippen LogP contribution in [-0.4, -0.2) is 46.8 Å². The lowest BCUT2D eigenvalue weighted by Crippen LogP contribution is -2.49. The van der Waals surface area contributed by atoms with Crippen molar-refractivity contribution in [1.29, 1.82) is 0 Å². The summed E-state index contributed by atoms with van der Waals surface area (Å²) in [4.78, 5) is 32.1. The summed E-state index contributed by atoms with van der Waals surface area (Å²) in [5.74, 6) is 0.117. The second kappa shape index (κ2) is 9.08. The van der Waals surface area contributed by atoms with Crippen LogP contribution in [0.5, 0.6) is 0 Å². The van der Waals surface area contributed by atoms with Crippen molar-refractivity contribution in [3.05, 3.63) is 73.3 Å². The van der Waals surface area contributed by atoms with Gasteiger partial charge < -0.3 is 9.80 Å². The molecule has 0 atom stereocenters. The number of aryl methyl sites for hydroxylation is 2. The summed E-state index contributed by atoms with van der Waals surface area (Å²) in [6.07, 6.45) is 7.55. The van der Waals surface area contributed by atoms with E-state index in [9.17, 15) is 9.59 Å². The zero-order valence-electron chi connectivity index (χ0n) is 17.8. The van der Waals surface area contributed by atoms with E-state index in [0.717, 1.165) is 17.7 Å². The molecule has 3 aromatic rings. The van der Waals surface area contributed by atoms with Crippen molar-refractivity contribution in [1.82, 2.24) is 14.7 Å². The summed E-state index contributed by atoms with van der Waals surface area (Å²) >= 11 is 8.13. The second-order valence-corrected chi connectivity index (χ2v) is 9.81. The van der Waals surface area contributed by atoms with E-state index in [0.29, 0.717) is 37.6 Å². The maximum absolute atomic E-state index is 13.1. The normalized spacial score (nSPS) is 16.5. The molecule has 0 bridgehead atoms. The summed E-state index contributed by atoms with van der Waals surface area (Å²) in [6, 6.07) is 11.3. The monoisotopic (exact) mass is 468 g/mol. The largest absolute Gasteiger partial charge is 0.365 e. The van der Waals surface area contributed by atoms with E-state index >= 15 is 0 Å². The number of anilines is 1. The number of carbonyl (C=O) groups is 1. The molecule has 1 fully saturated rings. The van der Waals surface area contributed by atoms with Crippen molar-refractivity contribution in [3.8, 4) is 5.69 Å². The fourth-order valence-corrected chi connectivity index (χ4v) is 5.95. The number of fused-ring (bicyclic) bond motifs is 1. The van der Waals surface area contributed by atoms with Gasteiger partial charge in [0.05, 0.1) is 22.4 Å². The SMILES string of the molecule is O=C(c1cc2c(s1)CCCCC2)N1CCN(c2cnn(-c3ccccc3)c(=O)c2Cl)CC1. The van der Waals surface area contributed by atoms with Gasteiger partial charge in [0.2, 0.25) is 0 Å². The average molecular weight is 469 g/mol. The Labute approximate surface area is 196 Å². The van der Waals surface area contributed by atoms with E-state index in [1.165, 1.54) is 34.4 Å². The van der Waals surface area contributed by atoms with Crippen molar-refractivity contribution < 1.29 is 4.79 Å². The average Bonchev–Trinajstić information content (AvgIpc) is 3.11. The Morgan fingerprint density at radius 1 is 1.00 bits per heavy atom. The van der Waals surface area contributed by atoms with E-state index in [1.807, 2.05) is 40.1 Å². The van der Waals surface area contributed by atoms with Gasteiger partial charge in [-0.25, -0.2) is 0 Å². The van der Waals surface area contributed by atoms with Crippen molar-refractivity contribution in [2.24, 2.45) is 0 Å². The van der Waals surface area contributed by atoms with Crippen LogP contribution < -0.4 is 10.5 Å². The molecule has 166 valence electrons. The lowest BCUT2D eigenvalue weighted by Gasteiger charge is -2.36. The minimum atomic E-state index is -0.339. The van der Waals surface area contributed by atoms with Crippen LogP contribution >= 0.6 is 22.9 Å². The Bertz CT molecular complexity index is 1160. The smallest absolute Gasteiger partial charge is 0.292 e. The molecular weight excluding hydrogens is 444 g/mol. The van der Waals surface area contributed by atoms with Gasteiger partial charge in [-0.15, -0.1) is 11.3 Å². The molecule has 0 spiro atoms. The number of thiophene rings is 1. The molecule has 0 radical (unpaired) electrons. The number of carbonyl (C=O) groups excluding carboxylic acids is 1. The molecule has 1 aliphatic carbocycles. The van der Waals surface area contributed by atoms with Crippen LogP contribution in [0.4, 0.5) is 5.69 Å². The summed E-state index contributed by atoms with van der Waals surface area (Å²) in [5.41, 5.74) is 2.33. The van der Waals surface area contributed by atoms with Crippen LogP contribution in [0, 0.1) is 0 Å². The Kier molecular flexibility index (Phi) is 6.02. The van der Waals surface area contributed by atoms with E-state index in [1.54, 1.807) is 17.5 Å². The number of rotatable bonds is 3. The number of piperazine rings is 1. The van der Waals surface area contributed by atoms with Gasteiger partial charge in [-0.3, -0.25) is 9.59 Å². The van der Waals surface area contributed by atoms with Gasteiger partial charge in [-0.05, 0) is 49.4 Å². The van der Waals surface area contributed by atoms with Crippen LogP contribution in [0.15, 0.2) is 47.4 Å². The third-order valence-electron chi connectivity index (χ3n) is 6.27. The van der Waals surface area contributed by atoms with E-state index in [-0.39, 0.29) is 16.5 Å². The molecule has 32 heavy (non-hydrogen) atoms. The van der Waals surface area contributed by atoms with Gasteiger partial charge in [0.15, 0.2) is 0 Å². The summed E-state index contributed by atoms with van der Waals surface area (Å²) in [6.45, 7) is 2.43. The lowest BCUT2D eigenvalue weighted by molar-refractivity contribution is 0.0751. The van der Waals surface area contributed by atoms with E-state index in [4.69, 9.17) is 11.6 Å². The number of aromatic nitrogens is 2. The third kappa shape index (κ3) is 4.07. The first-order valence-electron chi connectivity index (χ1n) is 11.1. The number of hydrogen-bond donors (Lipinski definition) is 0. The Morgan fingerprint density at radius 2 is 1.75 bits per heavy atom. The molecule has 1 aliphatic heterocycles. The standard InChI is InChI=1S/C24H25ClN4O2S/c25-22-19(16-26-29(24(22)31)18-8-4-2-5-9-18)27-11-13-28(14-12-27)23(30)21-15-17-7-3-1-6-10-20(17)32-21/h2,4-5,8-9,15-16H,1,3,6-7,10-14H2. The van der Waals surface area contributed by atoms with Crippen molar-refractivity contribution >= 4 is 34.5 Å². The van der Waals surface area contributed by atoms with E-state index < -0.39 is 0 Å². The molecule has 2 aliphatic rings. The number of nitrogens with zero attached hydrogens (tertiary/aromatic N) is 4. The molecule has 1 aromatic carbocycles. The Balaban J connectivity index is 1.28. The zero-order chi connectivity index (χ0) is 22.1. The first-order chi connectivity index (χ1) is 15.6. The van der Waals surface area contributed by atoms with Gasteiger partial charge in [0, 0.05) is 31.1 Å². The highest BCUT2D eigenvalue weighted by atomic mass is 35.5. The molecule has 1 amide bonds. The van der Waals surface area contributed by atoms with Crippen LogP contribution in [0.2, 0.25) is 5.02 Å². The molecule has 3 heterocycles. The highest BCUT2D eigenvalue weighted by molar-refractivity contribution is 7.14. The van der Waals surface area contributed by atoms with Crippen molar-refractivity contribution in [3.63, 3.8) is 0 Å². The van der Waals surface area contributed by atoms with Gasteiger partial charge in [0.25, 0.3) is 11.5 Å². The summed E-state index contributed by atoms with van der Waals surface area (Å²) < 4.78 is 1.31. The Morgan fingerprint density at radius 3 is 2.53 bits per heavy atom. The maximum Gasteiger partial charge on any atom is 0.292 e. The summed E-state index contributed by atoms with van der Waals surface area (Å²) in [5, 5.41) is 4.49. The lowest BCUT2D eigenvalue weighted by atomic mass is 10.1. The molecule has 8 heteroatoms. The second-order valence-electron chi connectivity index (χ2n) is 8.30. The van der Waals surface area contributed by atoms with E-state index in [2.05, 4.69) is 11.2 Å². The van der Waals surface area contributed by atoms with Crippen LogP contribution in [0.25, 0.3) is 5.69 Å². The van der Waals surface area contributed by atoms with Crippen LogP contribution in [-0.2, 0) is 12.8 Å². The minimum Gasteiger partial charge on any atom is -0.365 e. The van der Waals surface area contributed by atoms with Crippen molar-refractivity contribution in [2.75, 3.05) is 31.1 Å². The number of hydrogen-bond acceptors (Lipinski definition) is 5. The molecule has 0 unspecified atom stereocenters. The maximum atomic E-state index is 13.1. The molecule has 6 nitrogen and oxygen atoms in total. The highest BCUT2D eigenvalue weighted by Gasteiger charge is 2.26. The van der Waals surface area contributed by atoms with Gasteiger partial charge in [-0.1, -0.05) is 36.2 Å². The predicted molar refractivity (Wildman–Crippen MR) is 129 cm³/mol. The fourth-order valence-electron chi connectivity index (χ4n) is 4.48. The number of amides is 1. The number of benzene rings is 1. The Hall–Kier alpha value is -2.64. The first-order valence-corrected chi connectivity index (χ1v) is 12.3. The van der Waals surface area contributed by atoms with Gasteiger partial charge >= 0.3 is 0 Å². The van der Waals surface area contributed by atoms with Crippen molar-refractivity contribution in [2.45, 2.75) is 32.1 Å². The number of halogens is 1. The topological polar surface area (TPSA) is 58.4 Å². The molecule has 0 N–H and O–H groups in total. The van der Waals surface area contributed by atoms with Gasteiger partial charge in [0.1, 0.15) is 5.02 Å². The quantitative estimate of drug-likeness (QED) is 0.541. The van der Waals surface area contributed by atoms with Crippen LogP contribution in [0.1, 0.15) is 39.4 Å². The molecule has 0 saturated carbocycles. The van der Waals surface area contributed by atoms with Gasteiger partial charge in [-0.2, -0.15) is 9.78 Å². The number of para-hydroxylation sites is 1. The fraction of sp³-hybridized carbons (Fsp3) is 0.375. The summed E-state index contributed by atoms with van der Waals surface area (Å²) in [7, 11) is 0. The predicted octanol–water partition coefficient (Wildman–Crippen LogP) is 4.18. The highest BCUT2D eigenvalue weighted by Crippen LogP contribution is 2.30. The minimum absolute atomic E-state index is 0.117. The zero-order valence-corrected chi connectivity index (χ0v) is 19.4. The molecule has 1 saturated heterocycles. The van der Waals surface area contributed by atoms with Crippen LogP contribution in [0.3, 0.4) is 0 Å². The molecule has 5 rings (SSSR count). The first kappa shape index (κ1) is 21.2. The molecular formula is C24H25ClN4O2S. The third-order valence-corrected chi connectivity index (χ3v) is 7.85. The molecule has 2 aromatic heterocycles.